The number of alkyl halides is 3. The minimum Gasteiger partial charge on any atom is -0.390 e. The van der Waals surface area contributed by atoms with E-state index in [0.717, 1.165) is 31.1 Å². The highest BCUT2D eigenvalue weighted by Gasteiger charge is 2.58. The lowest BCUT2D eigenvalue weighted by molar-refractivity contribution is -0.384. The van der Waals surface area contributed by atoms with Crippen molar-refractivity contribution < 1.29 is 34.6 Å². The van der Waals surface area contributed by atoms with Gasteiger partial charge < -0.3 is 30.7 Å². The molecule has 0 saturated carbocycles. The zero-order valence-electron chi connectivity index (χ0n) is 25.8. The molecule has 8 unspecified atom stereocenters. The van der Waals surface area contributed by atoms with Gasteiger partial charge in [0.1, 0.15) is 23.2 Å². The van der Waals surface area contributed by atoms with Gasteiger partial charge in [-0.15, -0.1) is 23.4 Å². The molecule has 45 heavy (non-hydrogen) atoms. The van der Waals surface area contributed by atoms with Gasteiger partial charge in [0.15, 0.2) is 4.84 Å². The lowest BCUT2D eigenvalue weighted by Crippen LogP contribution is -2.69. The summed E-state index contributed by atoms with van der Waals surface area (Å²) in [6, 6.07) is 2.46. The van der Waals surface area contributed by atoms with Gasteiger partial charge in [-0.3, -0.25) is 24.6 Å². The molecule has 11 atom stereocenters. The van der Waals surface area contributed by atoms with Crippen molar-refractivity contribution in [3.8, 4) is 0 Å². The summed E-state index contributed by atoms with van der Waals surface area (Å²) in [5, 5.41) is 51.7. The fraction of sp³-hybridized carbons (Fsp3) is 0.724. The number of aliphatic hydroxyl groups excluding tert-OH is 2. The number of carbonyl (C=O) groups excluding carboxylic acids is 2. The highest BCUT2D eigenvalue weighted by molar-refractivity contribution is 7.99. The monoisotopic (exact) mass is 712 g/mol. The molecular formula is C29H43Cl3N4O8S. The van der Waals surface area contributed by atoms with E-state index in [1.807, 2.05) is 11.9 Å². The van der Waals surface area contributed by atoms with Gasteiger partial charge in [0.05, 0.1) is 40.4 Å². The van der Waals surface area contributed by atoms with Crippen LogP contribution in [0.15, 0.2) is 24.3 Å². The van der Waals surface area contributed by atoms with Crippen LogP contribution < -0.4 is 10.6 Å². The second-order valence-corrected chi connectivity index (χ2v) is 14.7. The smallest absolute Gasteiger partial charge is 0.269 e. The molecule has 2 fully saturated rings. The molecule has 2 amide bonds. The quantitative estimate of drug-likeness (QED) is 0.116. The zero-order chi connectivity index (χ0) is 33.8. The number of non-ortho nitro benzene ring substituents is 1. The first kappa shape index (κ1) is 38.0. The number of carbonyl (C=O) groups is 2. The number of nitro benzene ring substituents is 1. The van der Waals surface area contributed by atoms with E-state index in [2.05, 4.69) is 17.6 Å². The van der Waals surface area contributed by atoms with Gasteiger partial charge in [-0.05, 0) is 63.6 Å². The third-order valence-electron chi connectivity index (χ3n) is 8.93. The number of benzene rings is 1. The summed E-state index contributed by atoms with van der Waals surface area (Å²) in [4.78, 5) is 37.2. The normalized spacial score (nSPS) is 30.7. The molecule has 5 N–H and O–H groups in total. The Labute approximate surface area is 282 Å². The van der Waals surface area contributed by atoms with Crippen LogP contribution in [0.25, 0.3) is 0 Å². The van der Waals surface area contributed by atoms with Crippen LogP contribution >= 0.6 is 46.6 Å². The first-order chi connectivity index (χ1) is 21.1. The van der Waals surface area contributed by atoms with Crippen molar-refractivity contribution >= 4 is 64.1 Å². The number of aliphatic hydroxyl groups is 3. The maximum atomic E-state index is 13.5. The van der Waals surface area contributed by atoms with E-state index in [9.17, 15) is 35.0 Å². The molecular weight excluding hydrogens is 671 g/mol. The number of rotatable bonds is 13. The van der Waals surface area contributed by atoms with E-state index in [4.69, 9.17) is 39.5 Å². The van der Waals surface area contributed by atoms with Gasteiger partial charge in [-0.25, -0.2) is 0 Å². The molecule has 0 bridgehead atoms. The number of halogens is 3. The van der Waals surface area contributed by atoms with Gasteiger partial charge >= 0.3 is 0 Å². The molecule has 2 heterocycles. The van der Waals surface area contributed by atoms with Crippen LogP contribution in [0, 0.1) is 22.0 Å². The van der Waals surface area contributed by atoms with E-state index < -0.39 is 74.4 Å². The van der Waals surface area contributed by atoms with Gasteiger partial charge in [0, 0.05) is 18.7 Å². The minimum atomic E-state index is -2.17. The standard InChI is InChI=1S/C29H43Cl3N4O8S/c1-6-7-16-12-19(35(4)13-16)26(39)34-21(14(2)30)24-23(38)22(37)20(28(44-24)45-5)29(41,15(3)33-27(40)25(31)32)17-8-10-18(11-9-17)36(42)43/h8-11,14-16,19-25,28,37-38,41H,6-7,12-13H2,1-5H3,(H,33,40)(H,34,39)/t14?,15?,16?,19?,20-,21?,22?,23?,24?,28+,29+/m0/s1. The predicted molar refractivity (Wildman–Crippen MR) is 174 cm³/mol. The van der Waals surface area contributed by atoms with Gasteiger partial charge in [-0.2, -0.15) is 0 Å². The summed E-state index contributed by atoms with van der Waals surface area (Å²) in [5.41, 5.74) is -3.34. The van der Waals surface area contributed by atoms with Crippen molar-refractivity contribution in [1.29, 1.82) is 0 Å². The molecule has 0 aliphatic carbocycles. The number of nitrogens with zero attached hydrogens (tertiary/aromatic N) is 2. The number of amides is 2. The number of hydrogen-bond donors (Lipinski definition) is 5. The summed E-state index contributed by atoms with van der Waals surface area (Å²) in [7, 11) is 1.89. The Morgan fingerprint density at radius 3 is 2.31 bits per heavy atom. The Morgan fingerprint density at radius 2 is 1.80 bits per heavy atom. The summed E-state index contributed by atoms with van der Waals surface area (Å²) in [6.45, 7) is 5.98. The number of nitro groups is 1. The number of thioether (sulfide) groups is 1. The first-order valence-electron chi connectivity index (χ1n) is 14.8. The molecule has 12 nitrogen and oxygen atoms in total. The number of hydrogen-bond acceptors (Lipinski definition) is 10. The average molecular weight is 714 g/mol. The molecule has 3 rings (SSSR count). The van der Waals surface area contributed by atoms with Crippen LogP contribution in [-0.4, -0.2) is 109 Å². The summed E-state index contributed by atoms with van der Waals surface area (Å²) >= 11 is 19.2. The van der Waals surface area contributed by atoms with Crippen molar-refractivity contribution in [3.63, 3.8) is 0 Å². The Bertz CT molecular complexity index is 1180. The largest absolute Gasteiger partial charge is 0.390 e. The fourth-order valence-corrected chi connectivity index (χ4v) is 7.80. The maximum Gasteiger partial charge on any atom is 0.269 e. The Kier molecular flexibility index (Phi) is 13.6. The van der Waals surface area contributed by atoms with Gasteiger partial charge in [0.25, 0.3) is 11.6 Å². The third-order valence-corrected chi connectivity index (χ3v) is 10.5. The Hall–Kier alpha value is -1.42. The van der Waals surface area contributed by atoms with Gasteiger partial charge in [0.2, 0.25) is 5.91 Å². The second-order valence-electron chi connectivity index (χ2n) is 11.9. The molecule has 0 spiro atoms. The average Bonchev–Trinajstić information content (AvgIpc) is 3.36. The van der Waals surface area contributed by atoms with Crippen LogP contribution in [-0.2, 0) is 19.9 Å². The van der Waals surface area contributed by atoms with E-state index in [1.54, 1.807) is 13.2 Å². The Balaban J connectivity index is 1.97. The van der Waals surface area contributed by atoms with Crippen molar-refractivity contribution in [2.45, 2.75) is 97.7 Å². The number of ether oxygens (including phenoxy) is 1. The number of nitrogens with one attached hydrogen (secondary N) is 2. The van der Waals surface area contributed by atoms with Crippen LogP contribution in [0.2, 0.25) is 0 Å². The fourth-order valence-electron chi connectivity index (χ4n) is 6.57. The van der Waals surface area contributed by atoms with Crippen molar-refractivity contribution in [2.24, 2.45) is 11.8 Å². The maximum absolute atomic E-state index is 13.5. The molecule has 2 aliphatic heterocycles. The van der Waals surface area contributed by atoms with Crippen LogP contribution in [0.5, 0.6) is 0 Å². The molecule has 1 aromatic rings. The van der Waals surface area contributed by atoms with Crippen molar-refractivity contribution in [1.82, 2.24) is 15.5 Å². The van der Waals surface area contributed by atoms with Crippen molar-refractivity contribution in [3.05, 3.63) is 39.9 Å². The third kappa shape index (κ3) is 8.36. The molecule has 2 aliphatic rings. The minimum absolute atomic E-state index is 0.0976. The molecule has 0 aromatic heterocycles. The molecule has 16 heteroatoms. The van der Waals surface area contributed by atoms with E-state index in [-0.39, 0.29) is 17.2 Å². The Morgan fingerprint density at radius 1 is 1.18 bits per heavy atom. The number of likely N-dealkylation sites (N-methyl/N-ethyl adjacent to an activating group) is 1. The predicted octanol–water partition coefficient (Wildman–Crippen LogP) is 2.75. The molecule has 0 radical (unpaired) electrons. The first-order valence-corrected chi connectivity index (χ1v) is 17.4. The topological polar surface area (TPSA) is 174 Å². The molecule has 254 valence electrons. The van der Waals surface area contributed by atoms with Crippen LogP contribution in [0.4, 0.5) is 5.69 Å². The van der Waals surface area contributed by atoms with E-state index >= 15 is 0 Å². The highest BCUT2D eigenvalue weighted by Crippen LogP contribution is 2.46. The van der Waals surface area contributed by atoms with Crippen LogP contribution in [0.3, 0.4) is 0 Å². The lowest BCUT2D eigenvalue weighted by Gasteiger charge is -2.52. The summed E-state index contributed by atoms with van der Waals surface area (Å²) in [5.74, 6) is -2.02. The van der Waals surface area contributed by atoms with Crippen molar-refractivity contribution in [2.75, 3.05) is 19.8 Å². The highest BCUT2D eigenvalue weighted by atomic mass is 35.5. The number of likely N-dealkylation sites (tertiary alicyclic amines) is 1. The molecule has 2 saturated heterocycles. The SMILES string of the molecule is CCCC1CC(C(=O)NC(C(C)Cl)C2O[C@H](SC)[C@@H]([C@](O)(c3ccc([N+](=O)[O-])cc3)C(C)NC(=O)C(Cl)Cl)C(O)C2O)N(C)C1. The summed E-state index contributed by atoms with van der Waals surface area (Å²) < 4.78 is 6.34. The lowest BCUT2D eigenvalue weighted by atomic mass is 9.70. The zero-order valence-corrected chi connectivity index (χ0v) is 28.9. The van der Waals surface area contributed by atoms with E-state index in [0.29, 0.717) is 12.3 Å². The van der Waals surface area contributed by atoms with Gasteiger partial charge in [-0.1, -0.05) is 36.5 Å². The second kappa shape index (κ2) is 16.1. The van der Waals surface area contributed by atoms with Crippen LogP contribution in [0.1, 0.15) is 45.6 Å². The molecule has 1 aromatic carbocycles. The summed E-state index contributed by atoms with van der Waals surface area (Å²) in [6.07, 6.45) is -0.137. The van der Waals surface area contributed by atoms with E-state index in [1.165, 1.54) is 31.2 Å².